The maximum atomic E-state index is 11.0. The van der Waals surface area contributed by atoms with Crippen molar-refractivity contribution in [2.24, 2.45) is 0 Å². The van der Waals surface area contributed by atoms with E-state index in [0.717, 1.165) is 13.1 Å². The molecule has 1 aliphatic rings. The second-order valence-corrected chi connectivity index (χ2v) is 3.36. The van der Waals surface area contributed by atoms with Gasteiger partial charge in [0.2, 0.25) is 0 Å². The molecule has 2 N–H and O–H groups in total. The maximum Gasteiger partial charge on any atom is 0.407 e. The van der Waals surface area contributed by atoms with Gasteiger partial charge in [0.05, 0.1) is 6.10 Å². The van der Waals surface area contributed by atoms with Crippen LogP contribution in [-0.2, 0) is 9.47 Å². The molecule has 0 spiro atoms. The van der Waals surface area contributed by atoms with Crippen molar-refractivity contribution in [3.8, 4) is 0 Å². The lowest BCUT2D eigenvalue weighted by atomic mass is 10.2. The van der Waals surface area contributed by atoms with Gasteiger partial charge in [-0.1, -0.05) is 0 Å². The SMILES string of the molecule is CCNC(=O)OCC1CNCC(C)O1. The molecule has 0 radical (unpaired) electrons. The Kier molecular flexibility index (Phi) is 4.69. The number of ether oxygens (including phenoxy) is 2. The zero-order valence-corrected chi connectivity index (χ0v) is 8.71. The first kappa shape index (κ1) is 11.3. The highest BCUT2D eigenvalue weighted by molar-refractivity contribution is 5.66. The number of rotatable bonds is 3. The lowest BCUT2D eigenvalue weighted by Crippen LogP contribution is -2.46. The molecule has 1 saturated heterocycles. The van der Waals surface area contributed by atoms with E-state index in [-0.39, 0.29) is 18.3 Å². The van der Waals surface area contributed by atoms with Crippen molar-refractivity contribution in [3.05, 3.63) is 0 Å². The molecular formula is C9H18N2O3. The summed E-state index contributed by atoms with van der Waals surface area (Å²) in [6.07, 6.45) is -0.220. The summed E-state index contributed by atoms with van der Waals surface area (Å²) in [5.41, 5.74) is 0. The summed E-state index contributed by atoms with van der Waals surface area (Å²) in [5.74, 6) is 0. The van der Waals surface area contributed by atoms with Crippen LogP contribution in [-0.4, -0.2) is 44.5 Å². The van der Waals surface area contributed by atoms with Gasteiger partial charge in [-0.25, -0.2) is 4.79 Å². The van der Waals surface area contributed by atoms with Crippen LogP contribution in [0.1, 0.15) is 13.8 Å². The van der Waals surface area contributed by atoms with E-state index in [9.17, 15) is 4.79 Å². The second-order valence-electron chi connectivity index (χ2n) is 3.36. The highest BCUT2D eigenvalue weighted by Crippen LogP contribution is 2.03. The van der Waals surface area contributed by atoms with Gasteiger partial charge >= 0.3 is 6.09 Å². The predicted octanol–water partition coefficient (Wildman–Crippen LogP) is 0.109. The van der Waals surface area contributed by atoms with Gasteiger partial charge in [0, 0.05) is 19.6 Å². The highest BCUT2D eigenvalue weighted by atomic mass is 16.6. The van der Waals surface area contributed by atoms with Crippen LogP contribution in [0.4, 0.5) is 4.79 Å². The van der Waals surface area contributed by atoms with Gasteiger partial charge < -0.3 is 20.1 Å². The van der Waals surface area contributed by atoms with Crippen molar-refractivity contribution in [1.82, 2.24) is 10.6 Å². The minimum Gasteiger partial charge on any atom is -0.447 e. The van der Waals surface area contributed by atoms with E-state index in [4.69, 9.17) is 9.47 Å². The number of carbonyl (C=O) groups is 1. The van der Waals surface area contributed by atoms with E-state index in [1.807, 2.05) is 13.8 Å². The molecule has 0 aliphatic carbocycles. The molecule has 0 aromatic rings. The third kappa shape index (κ3) is 3.93. The molecular weight excluding hydrogens is 184 g/mol. The fraction of sp³-hybridized carbons (Fsp3) is 0.889. The molecule has 0 saturated carbocycles. The van der Waals surface area contributed by atoms with E-state index in [0.29, 0.717) is 13.2 Å². The van der Waals surface area contributed by atoms with Crippen molar-refractivity contribution in [2.45, 2.75) is 26.1 Å². The molecule has 2 atom stereocenters. The average Bonchev–Trinajstić information content (AvgIpc) is 2.15. The molecule has 1 aliphatic heterocycles. The third-order valence-electron chi connectivity index (χ3n) is 1.95. The third-order valence-corrected chi connectivity index (χ3v) is 1.95. The number of amides is 1. The van der Waals surface area contributed by atoms with Crippen molar-refractivity contribution >= 4 is 6.09 Å². The summed E-state index contributed by atoms with van der Waals surface area (Å²) in [7, 11) is 0. The van der Waals surface area contributed by atoms with Crippen LogP contribution in [0.25, 0.3) is 0 Å². The van der Waals surface area contributed by atoms with Gasteiger partial charge in [0.25, 0.3) is 0 Å². The second kappa shape index (κ2) is 5.82. The van der Waals surface area contributed by atoms with E-state index in [2.05, 4.69) is 10.6 Å². The lowest BCUT2D eigenvalue weighted by molar-refractivity contribution is -0.0546. The molecule has 1 amide bonds. The Bertz CT molecular complexity index is 187. The molecule has 0 aromatic carbocycles. The summed E-state index contributed by atoms with van der Waals surface area (Å²) in [5, 5.41) is 5.76. The van der Waals surface area contributed by atoms with Crippen LogP contribution in [0, 0.1) is 0 Å². The van der Waals surface area contributed by atoms with E-state index >= 15 is 0 Å². The quantitative estimate of drug-likeness (QED) is 0.682. The predicted molar refractivity (Wildman–Crippen MR) is 52.2 cm³/mol. The summed E-state index contributed by atoms with van der Waals surface area (Å²) >= 11 is 0. The molecule has 0 aromatic heterocycles. The summed E-state index contributed by atoms with van der Waals surface area (Å²) in [6.45, 7) is 6.33. The number of nitrogens with one attached hydrogen (secondary N) is 2. The summed E-state index contributed by atoms with van der Waals surface area (Å²) < 4.78 is 10.5. The Morgan fingerprint density at radius 3 is 3.07 bits per heavy atom. The zero-order valence-electron chi connectivity index (χ0n) is 8.71. The first-order chi connectivity index (χ1) is 6.72. The van der Waals surface area contributed by atoms with E-state index < -0.39 is 0 Å². The molecule has 1 fully saturated rings. The Balaban J connectivity index is 2.14. The Morgan fingerprint density at radius 1 is 1.64 bits per heavy atom. The maximum absolute atomic E-state index is 11.0. The van der Waals surface area contributed by atoms with Crippen LogP contribution in [0.2, 0.25) is 0 Å². The van der Waals surface area contributed by atoms with Crippen LogP contribution in [0.3, 0.4) is 0 Å². The monoisotopic (exact) mass is 202 g/mol. The van der Waals surface area contributed by atoms with Gasteiger partial charge in [0.1, 0.15) is 12.7 Å². The summed E-state index contributed by atoms with van der Waals surface area (Å²) in [6, 6.07) is 0. The minimum atomic E-state index is -0.380. The molecule has 2 unspecified atom stereocenters. The van der Waals surface area contributed by atoms with Gasteiger partial charge in [-0.05, 0) is 13.8 Å². The molecule has 0 bridgehead atoms. The zero-order chi connectivity index (χ0) is 10.4. The van der Waals surface area contributed by atoms with E-state index in [1.54, 1.807) is 0 Å². The lowest BCUT2D eigenvalue weighted by Gasteiger charge is -2.28. The van der Waals surface area contributed by atoms with Crippen LogP contribution < -0.4 is 10.6 Å². The fourth-order valence-electron chi connectivity index (χ4n) is 1.33. The molecule has 1 heterocycles. The highest BCUT2D eigenvalue weighted by Gasteiger charge is 2.19. The van der Waals surface area contributed by atoms with E-state index in [1.165, 1.54) is 0 Å². The van der Waals surface area contributed by atoms with Crippen molar-refractivity contribution in [3.63, 3.8) is 0 Å². The number of carbonyl (C=O) groups excluding carboxylic acids is 1. The van der Waals surface area contributed by atoms with Crippen LogP contribution >= 0.6 is 0 Å². The van der Waals surface area contributed by atoms with Gasteiger partial charge in [-0.15, -0.1) is 0 Å². The standard InChI is InChI=1S/C9H18N2O3/c1-3-11-9(12)13-6-8-5-10-4-7(2)14-8/h7-8,10H,3-6H2,1-2H3,(H,11,12). The smallest absolute Gasteiger partial charge is 0.407 e. The Morgan fingerprint density at radius 2 is 2.43 bits per heavy atom. The van der Waals surface area contributed by atoms with Crippen LogP contribution in [0.5, 0.6) is 0 Å². The van der Waals surface area contributed by atoms with Crippen molar-refractivity contribution in [1.29, 1.82) is 0 Å². The van der Waals surface area contributed by atoms with Gasteiger partial charge in [-0.2, -0.15) is 0 Å². The first-order valence-electron chi connectivity index (χ1n) is 4.99. The van der Waals surface area contributed by atoms with Gasteiger partial charge in [0.15, 0.2) is 0 Å². The van der Waals surface area contributed by atoms with Crippen LogP contribution in [0.15, 0.2) is 0 Å². The first-order valence-corrected chi connectivity index (χ1v) is 4.99. The molecule has 5 heteroatoms. The number of morpholine rings is 1. The molecule has 5 nitrogen and oxygen atoms in total. The number of alkyl carbamates (subject to hydrolysis) is 1. The topological polar surface area (TPSA) is 59.6 Å². The molecule has 82 valence electrons. The van der Waals surface area contributed by atoms with Gasteiger partial charge in [-0.3, -0.25) is 0 Å². The average molecular weight is 202 g/mol. The molecule has 14 heavy (non-hydrogen) atoms. The van der Waals surface area contributed by atoms with Crippen molar-refractivity contribution < 1.29 is 14.3 Å². The largest absolute Gasteiger partial charge is 0.447 e. The Hall–Kier alpha value is -0.810. The van der Waals surface area contributed by atoms with Crippen molar-refractivity contribution in [2.75, 3.05) is 26.2 Å². The molecule has 1 rings (SSSR count). The fourth-order valence-corrected chi connectivity index (χ4v) is 1.33. The number of hydrogen-bond donors (Lipinski definition) is 2. The summed E-state index contributed by atoms with van der Waals surface area (Å²) in [4.78, 5) is 11.0. The normalized spacial score (nSPS) is 27.0. The number of hydrogen-bond acceptors (Lipinski definition) is 4. The Labute approximate surface area is 84.1 Å². The minimum absolute atomic E-state index is 0.0265.